The minimum Gasteiger partial charge on any atom is -0.487 e. The maximum absolute atomic E-state index is 13.6. The van der Waals surface area contributed by atoms with Gasteiger partial charge in [0.1, 0.15) is 17.2 Å². The molecule has 17 heavy (non-hydrogen) atoms. The molecule has 1 aliphatic rings. The first kappa shape index (κ1) is 12.4. The molecule has 2 nitrogen and oxygen atoms in total. The van der Waals surface area contributed by atoms with Crippen LogP contribution >= 0.6 is 0 Å². The number of benzene rings is 1. The lowest BCUT2D eigenvalue weighted by Crippen LogP contribution is -2.35. The summed E-state index contributed by atoms with van der Waals surface area (Å²) in [6, 6.07) is 4.92. The highest BCUT2D eigenvalue weighted by Gasteiger charge is 2.29. The molecular formula is C14H20FNO. The predicted molar refractivity (Wildman–Crippen MR) is 66.4 cm³/mol. The molecule has 0 saturated heterocycles. The van der Waals surface area contributed by atoms with Gasteiger partial charge in [-0.15, -0.1) is 0 Å². The van der Waals surface area contributed by atoms with Crippen molar-refractivity contribution < 1.29 is 9.13 Å². The molecule has 1 aromatic carbocycles. The quantitative estimate of drug-likeness (QED) is 0.874. The summed E-state index contributed by atoms with van der Waals surface area (Å²) >= 11 is 0. The van der Waals surface area contributed by atoms with Crippen LogP contribution in [0.4, 0.5) is 4.39 Å². The number of ether oxygens (including phenoxy) is 1. The molecule has 0 unspecified atom stereocenters. The van der Waals surface area contributed by atoms with Crippen molar-refractivity contribution in [2.75, 3.05) is 0 Å². The molecule has 3 heteroatoms. The molecule has 0 aliphatic heterocycles. The van der Waals surface area contributed by atoms with Gasteiger partial charge in [0.2, 0.25) is 0 Å². The van der Waals surface area contributed by atoms with Crippen LogP contribution < -0.4 is 10.5 Å². The van der Waals surface area contributed by atoms with Crippen LogP contribution in [0.5, 0.6) is 5.75 Å². The van der Waals surface area contributed by atoms with Gasteiger partial charge in [-0.1, -0.05) is 12.5 Å². The van der Waals surface area contributed by atoms with Crippen LogP contribution in [0.3, 0.4) is 0 Å². The summed E-state index contributed by atoms with van der Waals surface area (Å²) in [4.78, 5) is 0. The van der Waals surface area contributed by atoms with E-state index in [1.54, 1.807) is 6.07 Å². The van der Waals surface area contributed by atoms with Crippen molar-refractivity contribution in [3.05, 3.63) is 29.6 Å². The van der Waals surface area contributed by atoms with E-state index in [1.165, 1.54) is 25.3 Å². The van der Waals surface area contributed by atoms with E-state index in [-0.39, 0.29) is 18.0 Å². The molecule has 1 aliphatic carbocycles. The van der Waals surface area contributed by atoms with Gasteiger partial charge >= 0.3 is 0 Å². The standard InChI is InChI=1S/C14H20FNO/c1-14(8-3-2-4-9-14)17-13-7-5-6-12(15)11(13)10-16/h5-7H,2-4,8-10,16H2,1H3. The predicted octanol–water partition coefficient (Wildman–Crippen LogP) is 3.39. The van der Waals surface area contributed by atoms with Crippen molar-refractivity contribution in [1.82, 2.24) is 0 Å². The van der Waals surface area contributed by atoms with E-state index in [0.29, 0.717) is 11.3 Å². The van der Waals surface area contributed by atoms with Gasteiger partial charge in [-0.3, -0.25) is 0 Å². The van der Waals surface area contributed by atoms with Crippen LogP contribution in [0.1, 0.15) is 44.6 Å². The third-order valence-corrected chi connectivity index (χ3v) is 3.55. The summed E-state index contributed by atoms with van der Waals surface area (Å²) in [6.07, 6.45) is 5.71. The second-order valence-electron chi connectivity index (χ2n) is 5.03. The Morgan fingerprint density at radius 2 is 2.00 bits per heavy atom. The fourth-order valence-corrected chi connectivity index (χ4v) is 2.50. The number of hydrogen-bond acceptors (Lipinski definition) is 2. The van der Waals surface area contributed by atoms with Crippen LogP contribution in [0.15, 0.2) is 18.2 Å². The molecule has 2 rings (SSSR count). The number of rotatable bonds is 3. The zero-order valence-corrected chi connectivity index (χ0v) is 10.3. The fourth-order valence-electron chi connectivity index (χ4n) is 2.50. The number of halogens is 1. The smallest absolute Gasteiger partial charge is 0.131 e. The van der Waals surface area contributed by atoms with E-state index in [1.807, 2.05) is 6.07 Å². The van der Waals surface area contributed by atoms with Gasteiger partial charge in [0.15, 0.2) is 0 Å². The molecule has 1 fully saturated rings. The summed E-state index contributed by atoms with van der Waals surface area (Å²) in [7, 11) is 0. The van der Waals surface area contributed by atoms with Crippen molar-refractivity contribution in [1.29, 1.82) is 0 Å². The van der Waals surface area contributed by atoms with Crippen LogP contribution in [0, 0.1) is 5.82 Å². The lowest BCUT2D eigenvalue weighted by molar-refractivity contribution is 0.0474. The Kier molecular flexibility index (Phi) is 3.67. The van der Waals surface area contributed by atoms with Gasteiger partial charge in [-0.2, -0.15) is 0 Å². The third-order valence-electron chi connectivity index (χ3n) is 3.55. The van der Waals surface area contributed by atoms with Crippen LogP contribution in [-0.4, -0.2) is 5.60 Å². The molecule has 94 valence electrons. The second kappa shape index (κ2) is 5.05. The van der Waals surface area contributed by atoms with Gasteiger partial charge in [-0.25, -0.2) is 4.39 Å². The first-order valence-electron chi connectivity index (χ1n) is 6.31. The van der Waals surface area contributed by atoms with Crippen LogP contribution in [0.2, 0.25) is 0 Å². The summed E-state index contributed by atoms with van der Waals surface area (Å²) in [5.74, 6) is 0.335. The van der Waals surface area contributed by atoms with Crippen molar-refractivity contribution in [2.24, 2.45) is 5.73 Å². The zero-order valence-electron chi connectivity index (χ0n) is 10.3. The Balaban J connectivity index is 2.20. The Morgan fingerprint density at radius 1 is 1.29 bits per heavy atom. The average Bonchev–Trinajstić information content (AvgIpc) is 2.30. The highest BCUT2D eigenvalue weighted by molar-refractivity contribution is 5.35. The van der Waals surface area contributed by atoms with Crippen molar-refractivity contribution >= 4 is 0 Å². The lowest BCUT2D eigenvalue weighted by Gasteiger charge is -2.35. The first-order chi connectivity index (χ1) is 8.14. The van der Waals surface area contributed by atoms with E-state index in [0.717, 1.165) is 12.8 Å². The summed E-state index contributed by atoms with van der Waals surface area (Å²) < 4.78 is 19.6. The minimum absolute atomic E-state index is 0.157. The Hall–Kier alpha value is -1.09. The van der Waals surface area contributed by atoms with E-state index < -0.39 is 0 Å². The Labute approximate surface area is 102 Å². The van der Waals surface area contributed by atoms with Crippen molar-refractivity contribution in [2.45, 2.75) is 51.2 Å². The highest BCUT2D eigenvalue weighted by atomic mass is 19.1. The van der Waals surface area contributed by atoms with Gasteiger partial charge in [0.25, 0.3) is 0 Å². The van der Waals surface area contributed by atoms with E-state index >= 15 is 0 Å². The van der Waals surface area contributed by atoms with E-state index in [4.69, 9.17) is 10.5 Å². The molecule has 2 N–H and O–H groups in total. The largest absolute Gasteiger partial charge is 0.487 e. The van der Waals surface area contributed by atoms with Crippen molar-refractivity contribution in [3.8, 4) is 5.75 Å². The first-order valence-corrected chi connectivity index (χ1v) is 6.31. The van der Waals surface area contributed by atoms with E-state index in [9.17, 15) is 4.39 Å². The van der Waals surface area contributed by atoms with E-state index in [2.05, 4.69) is 6.92 Å². The molecule has 0 atom stereocenters. The second-order valence-corrected chi connectivity index (χ2v) is 5.03. The summed E-state index contributed by atoms with van der Waals surface area (Å²) in [6.45, 7) is 2.29. The Morgan fingerprint density at radius 3 is 2.65 bits per heavy atom. The number of nitrogens with two attached hydrogens (primary N) is 1. The molecule has 0 bridgehead atoms. The van der Waals surface area contributed by atoms with Crippen LogP contribution in [-0.2, 0) is 6.54 Å². The average molecular weight is 237 g/mol. The molecule has 1 aromatic rings. The molecular weight excluding hydrogens is 217 g/mol. The maximum atomic E-state index is 13.6. The van der Waals surface area contributed by atoms with Crippen LogP contribution in [0.25, 0.3) is 0 Å². The van der Waals surface area contributed by atoms with Gasteiger partial charge in [0.05, 0.1) is 0 Å². The normalized spacial score (nSPS) is 19.0. The molecule has 0 radical (unpaired) electrons. The molecule has 0 spiro atoms. The Bertz CT molecular complexity index is 386. The molecule has 0 heterocycles. The monoisotopic (exact) mass is 237 g/mol. The molecule has 1 saturated carbocycles. The molecule has 0 aromatic heterocycles. The zero-order chi connectivity index (χ0) is 12.3. The highest BCUT2D eigenvalue weighted by Crippen LogP contribution is 2.34. The topological polar surface area (TPSA) is 35.2 Å². The summed E-state index contributed by atoms with van der Waals surface area (Å²) in [5.41, 5.74) is 5.91. The minimum atomic E-state index is -0.274. The van der Waals surface area contributed by atoms with Gasteiger partial charge in [0, 0.05) is 12.1 Å². The SMILES string of the molecule is CC1(Oc2cccc(F)c2CN)CCCCC1. The molecule has 0 amide bonds. The lowest BCUT2D eigenvalue weighted by atomic mass is 9.86. The van der Waals surface area contributed by atoms with Gasteiger partial charge < -0.3 is 10.5 Å². The van der Waals surface area contributed by atoms with Crippen molar-refractivity contribution in [3.63, 3.8) is 0 Å². The fraction of sp³-hybridized carbons (Fsp3) is 0.571. The van der Waals surface area contributed by atoms with Gasteiger partial charge in [-0.05, 0) is 44.7 Å². The summed E-state index contributed by atoms with van der Waals surface area (Å²) in [5, 5.41) is 0. The maximum Gasteiger partial charge on any atom is 0.131 e. The number of hydrogen-bond donors (Lipinski definition) is 1. The third kappa shape index (κ3) is 2.78.